The Morgan fingerprint density at radius 2 is 1.58 bits per heavy atom. The van der Waals surface area contributed by atoms with Gasteiger partial charge >= 0.3 is 0 Å². The van der Waals surface area contributed by atoms with Gasteiger partial charge in [-0.2, -0.15) is 0 Å². The standard InChI is InChI=1S/C29H32Cl2N2O2S/c1-3-21(2)32-29(35)27(17-22-9-5-4-6-10-22)33(18-24-11-7-8-12-26(24)31)28(34)20-36-19-23-13-15-25(30)16-14-23/h4-16,21,27H,3,17-20H2,1-2H3,(H,32,35). The second-order valence-corrected chi connectivity index (χ2v) is 10.6. The van der Waals surface area contributed by atoms with Gasteiger partial charge in [-0.05, 0) is 48.2 Å². The predicted molar refractivity (Wildman–Crippen MR) is 151 cm³/mol. The van der Waals surface area contributed by atoms with Gasteiger partial charge in [0, 0.05) is 34.8 Å². The molecule has 2 amide bonds. The smallest absolute Gasteiger partial charge is 0.243 e. The summed E-state index contributed by atoms with van der Waals surface area (Å²) in [6, 6.07) is 24.2. The van der Waals surface area contributed by atoms with E-state index in [-0.39, 0.29) is 30.2 Å². The summed E-state index contributed by atoms with van der Waals surface area (Å²) in [5.41, 5.74) is 2.89. The first kappa shape index (κ1) is 28.1. The summed E-state index contributed by atoms with van der Waals surface area (Å²) < 4.78 is 0. The van der Waals surface area contributed by atoms with Gasteiger partial charge in [-0.1, -0.05) is 90.8 Å². The normalized spacial score (nSPS) is 12.6. The number of nitrogens with one attached hydrogen (secondary N) is 1. The Bertz CT molecular complexity index is 1130. The third-order valence-electron chi connectivity index (χ3n) is 5.98. The van der Waals surface area contributed by atoms with Crippen LogP contribution in [0.4, 0.5) is 0 Å². The predicted octanol–water partition coefficient (Wildman–Crippen LogP) is 6.78. The molecule has 0 aromatic heterocycles. The van der Waals surface area contributed by atoms with Crippen LogP contribution in [0.1, 0.15) is 37.0 Å². The molecule has 7 heteroatoms. The van der Waals surface area contributed by atoms with Crippen LogP contribution in [0.5, 0.6) is 0 Å². The Morgan fingerprint density at radius 1 is 0.917 bits per heavy atom. The number of benzene rings is 3. The van der Waals surface area contributed by atoms with Gasteiger partial charge in [0.15, 0.2) is 0 Å². The summed E-state index contributed by atoms with van der Waals surface area (Å²) in [7, 11) is 0. The van der Waals surface area contributed by atoms with Crippen molar-refractivity contribution in [1.82, 2.24) is 10.2 Å². The highest BCUT2D eigenvalue weighted by molar-refractivity contribution is 7.99. The molecule has 2 atom stereocenters. The van der Waals surface area contributed by atoms with Crippen molar-refractivity contribution in [3.63, 3.8) is 0 Å². The van der Waals surface area contributed by atoms with E-state index in [1.54, 1.807) is 11.0 Å². The maximum absolute atomic E-state index is 13.7. The molecule has 0 bridgehead atoms. The molecule has 2 unspecified atom stereocenters. The zero-order valence-corrected chi connectivity index (χ0v) is 23.0. The van der Waals surface area contributed by atoms with E-state index in [1.807, 2.05) is 86.6 Å². The fraction of sp³-hybridized carbons (Fsp3) is 0.310. The second-order valence-electron chi connectivity index (χ2n) is 8.76. The summed E-state index contributed by atoms with van der Waals surface area (Å²) in [6.45, 7) is 4.25. The summed E-state index contributed by atoms with van der Waals surface area (Å²) in [5.74, 6) is 0.658. The molecule has 0 spiro atoms. The van der Waals surface area contributed by atoms with E-state index < -0.39 is 6.04 Å². The number of carbonyl (C=O) groups excluding carboxylic acids is 2. The first-order valence-electron chi connectivity index (χ1n) is 12.1. The number of carbonyl (C=O) groups is 2. The Kier molecular flexibility index (Phi) is 11.2. The maximum atomic E-state index is 13.7. The highest BCUT2D eigenvalue weighted by Gasteiger charge is 2.31. The molecule has 36 heavy (non-hydrogen) atoms. The van der Waals surface area contributed by atoms with Crippen molar-refractivity contribution in [2.45, 2.75) is 51.1 Å². The van der Waals surface area contributed by atoms with E-state index in [0.717, 1.165) is 23.1 Å². The first-order chi connectivity index (χ1) is 17.4. The largest absolute Gasteiger partial charge is 0.352 e. The summed E-state index contributed by atoms with van der Waals surface area (Å²) in [4.78, 5) is 28.8. The van der Waals surface area contributed by atoms with Crippen LogP contribution < -0.4 is 5.32 Å². The highest BCUT2D eigenvalue weighted by Crippen LogP contribution is 2.22. The van der Waals surface area contributed by atoms with Crippen LogP contribution in [0.2, 0.25) is 10.0 Å². The monoisotopic (exact) mass is 542 g/mol. The summed E-state index contributed by atoms with van der Waals surface area (Å²) >= 11 is 14.0. The van der Waals surface area contributed by atoms with Crippen molar-refractivity contribution in [1.29, 1.82) is 0 Å². The average Bonchev–Trinajstić information content (AvgIpc) is 2.88. The number of halogens is 2. The zero-order chi connectivity index (χ0) is 25.9. The minimum Gasteiger partial charge on any atom is -0.352 e. The number of rotatable bonds is 12. The third kappa shape index (κ3) is 8.58. The topological polar surface area (TPSA) is 49.4 Å². The molecule has 4 nitrogen and oxygen atoms in total. The maximum Gasteiger partial charge on any atom is 0.243 e. The molecule has 3 aromatic rings. The van der Waals surface area contributed by atoms with Crippen LogP contribution in [-0.4, -0.2) is 34.6 Å². The second kappa shape index (κ2) is 14.3. The van der Waals surface area contributed by atoms with Crippen LogP contribution in [0.25, 0.3) is 0 Å². The van der Waals surface area contributed by atoms with Gasteiger partial charge in [-0.15, -0.1) is 11.8 Å². The van der Waals surface area contributed by atoms with Gasteiger partial charge in [0.05, 0.1) is 5.75 Å². The van der Waals surface area contributed by atoms with E-state index >= 15 is 0 Å². The molecule has 0 heterocycles. The van der Waals surface area contributed by atoms with E-state index in [9.17, 15) is 9.59 Å². The van der Waals surface area contributed by atoms with Crippen LogP contribution in [0, 0.1) is 0 Å². The fourth-order valence-electron chi connectivity index (χ4n) is 3.72. The molecule has 190 valence electrons. The van der Waals surface area contributed by atoms with E-state index in [2.05, 4.69) is 5.32 Å². The number of hydrogen-bond donors (Lipinski definition) is 1. The Morgan fingerprint density at radius 3 is 2.25 bits per heavy atom. The fourth-order valence-corrected chi connectivity index (χ4v) is 4.92. The molecule has 0 radical (unpaired) electrons. The minimum atomic E-state index is -0.665. The molecular formula is C29H32Cl2N2O2S. The molecule has 0 aliphatic heterocycles. The molecular weight excluding hydrogens is 511 g/mol. The van der Waals surface area contributed by atoms with Gasteiger partial charge in [-0.25, -0.2) is 0 Å². The number of thioether (sulfide) groups is 1. The number of amides is 2. The minimum absolute atomic E-state index is 0.00678. The Balaban J connectivity index is 1.86. The molecule has 0 saturated heterocycles. The lowest BCUT2D eigenvalue weighted by Crippen LogP contribution is -2.52. The lowest BCUT2D eigenvalue weighted by Gasteiger charge is -2.32. The van der Waals surface area contributed by atoms with E-state index in [1.165, 1.54) is 11.8 Å². The molecule has 3 aromatic carbocycles. The van der Waals surface area contributed by atoms with Crippen molar-refractivity contribution in [3.8, 4) is 0 Å². The van der Waals surface area contributed by atoms with Crippen molar-refractivity contribution in [2.75, 3.05) is 5.75 Å². The van der Waals surface area contributed by atoms with Gasteiger partial charge in [0.25, 0.3) is 0 Å². The van der Waals surface area contributed by atoms with Crippen LogP contribution >= 0.6 is 35.0 Å². The van der Waals surface area contributed by atoms with Gasteiger partial charge in [-0.3, -0.25) is 9.59 Å². The van der Waals surface area contributed by atoms with Crippen LogP contribution in [0.15, 0.2) is 78.9 Å². The molecule has 0 aliphatic carbocycles. The molecule has 3 rings (SSSR count). The van der Waals surface area contributed by atoms with Crippen molar-refractivity contribution in [3.05, 3.63) is 106 Å². The molecule has 0 fully saturated rings. The van der Waals surface area contributed by atoms with Gasteiger partial charge < -0.3 is 10.2 Å². The lowest BCUT2D eigenvalue weighted by atomic mass is 10.0. The average molecular weight is 544 g/mol. The quantitative estimate of drug-likeness (QED) is 0.274. The summed E-state index contributed by atoms with van der Waals surface area (Å²) in [5, 5.41) is 4.34. The van der Waals surface area contributed by atoms with Gasteiger partial charge in [0.2, 0.25) is 11.8 Å². The molecule has 0 saturated carbocycles. The molecule has 0 aliphatic rings. The zero-order valence-electron chi connectivity index (χ0n) is 20.6. The van der Waals surface area contributed by atoms with Crippen molar-refractivity contribution in [2.24, 2.45) is 0 Å². The highest BCUT2D eigenvalue weighted by atomic mass is 35.5. The first-order valence-corrected chi connectivity index (χ1v) is 14.0. The summed E-state index contributed by atoms with van der Waals surface area (Å²) in [6.07, 6.45) is 1.22. The van der Waals surface area contributed by atoms with Crippen molar-refractivity contribution >= 4 is 46.8 Å². The van der Waals surface area contributed by atoms with Gasteiger partial charge in [0.1, 0.15) is 6.04 Å². The lowest BCUT2D eigenvalue weighted by molar-refractivity contribution is -0.139. The number of hydrogen-bond acceptors (Lipinski definition) is 3. The SMILES string of the molecule is CCC(C)NC(=O)C(Cc1ccccc1)N(Cc1ccccc1Cl)C(=O)CSCc1ccc(Cl)cc1. The van der Waals surface area contributed by atoms with Crippen LogP contribution in [-0.2, 0) is 28.3 Å². The van der Waals surface area contributed by atoms with Crippen LogP contribution in [0.3, 0.4) is 0 Å². The van der Waals surface area contributed by atoms with Crippen molar-refractivity contribution < 1.29 is 9.59 Å². The Labute approximate surface area is 228 Å². The van der Waals surface area contributed by atoms with E-state index in [4.69, 9.17) is 23.2 Å². The Hall–Kier alpha value is -2.47. The van der Waals surface area contributed by atoms with E-state index in [0.29, 0.717) is 22.2 Å². The number of nitrogens with zero attached hydrogens (tertiary/aromatic N) is 1. The molecule has 1 N–H and O–H groups in total. The third-order valence-corrected chi connectivity index (χ3v) is 7.59.